The van der Waals surface area contributed by atoms with Gasteiger partial charge in [-0.3, -0.25) is 4.79 Å². The van der Waals surface area contributed by atoms with Gasteiger partial charge in [0.15, 0.2) is 11.6 Å². The Morgan fingerprint density at radius 2 is 1.70 bits per heavy atom. The van der Waals surface area contributed by atoms with Gasteiger partial charge in [-0.15, -0.1) is 0 Å². The van der Waals surface area contributed by atoms with Crippen LogP contribution in [0.4, 0.5) is 14.6 Å². The molecule has 0 spiro atoms. The molecule has 0 N–H and O–H groups in total. The van der Waals surface area contributed by atoms with E-state index in [1.165, 1.54) is 6.07 Å². The minimum absolute atomic E-state index is 0.169. The zero-order valence-corrected chi connectivity index (χ0v) is 15.0. The Kier molecular flexibility index (Phi) is 4.48. The van der Waals surface area contributed by atoms with E-state index in [-0.39, 0.29) is 11.5 Å². The summed E-state index contributed by atoms with van der Waals surface area (Å²) in [5, 5.41) is 1.10. The second-order valence-corrected chi connectivity index (χ2v) is 6.73. The molecule has 4 rings (SSSR count). The van der Waals surface area contributed by atoms with E-state index >= 15 is 0 Å². The van der Waals surface area contributed by atoms with Gasteiger partial charge in [0.1, 0.15) is 5.82 Å². The summed E-state index contributed by atoms with van der Waals surface area (Å²) in [5.41, 5.74) is 2.20. The molecule has 138 valence electrons. The predicted molar refractivity (Wildman–Crippen MR) is 101 cm³/mol. The lowest BCUT2D eigenvalue weighted by Crippen LogP contribution is -2.49. The van der Waals surface area contributed by atoms with Crippen molar-refractivity contribution in [2.24, 2.45) is 0 Å². The van der Waals surface area contributed by atoms with E-state index in [2.05, 4.69) is 11.0 Å². The highest BCUT2D eigenvalue weighted by Crippen LogP contribution is 2.24. The molecule has 6 heteroatoms. The van der Waals surface area contributed by atoms with Crippen LogP contribution in [0.1, 0.15) is 15.9 Å². The predicted octanol–water partition coefficient (Wildman–Crippen LogP) is 3.78. The number of amides is 1. The van der Waals surface area contributed by atoms with Crippen molar-refractivity contribution < 1.29 is 13.6 Å². The molecular weight excluding hydrogens is 348 g/mol. The molecule has 0 aliphatic carbocycles. The van der Waals surface area contributed by atoms with Crippen molar-refractivity contribution in [3.63, 3.8) is 0 Å². The van der Waals surface area contributed by atoms with Gasteiger partial charge in [-0.1, -0.05) is 18.2 Å². The first-order valence-electron chi connectivity index (χ1n) is 8.88. The molecule has 2 heterocycles. The number of para-hydroxylation sites is 1. The number of nitrogens with zero attached hydrogens (tertiary/aromatic N) is 3. The normalized spacial score (nSPS) is 14.6. The number of halogens is 2. The Morgan fingerprint density at radius 3 is 2.44 bits per heavy atom. The summed E-state index contributed by atoms with van der Waals surface area (Å²) in [6.07, 6.45) is 0. The van der Waals surface area contributed by atoms with Gasteiger partial charge in [-0.05, 0) is 42.8 Å². The van der Waals surface area contributed by atoms with E-state index in [0.717, 1.165) is 34.4 Å². The molecule has 0 atom stereocenters. The summed E-state index contributed by atoms with van der Waals surface area (Å²) >= 11 is 0. The smallest absolute Gasteiger partial charge is 0.254 e. The minimum Gasteiger partial charge on any atom is -0.353 e. The Labute approximate surface area is 156 Å². The molecule has 0 bridgehead atoms. The fraction of sp³-hybridized carbons (Fsp3) is 0.238. The van der Waals surface area contributed by atoms with Gasteiger partial charge in [0, 0.05) is 37.1 Å². The molecule has 0 unspecified atom stereocenters. The number of rotatable bonds is 2. The number of aromatic nitrogens is 1. The molecule has 27 heavy (non-hydrogen) atoms. The molecule has 1 aromatic heterocycles. The van der Waals surface area contributed by atoms with Gasteiger partial charge < -0.3 is 9.80 Å². The first-order chi connectivity index (χ1) is 13.0. The third-order valence-corrected chi connectivity index (χ3v) is 4.92. The number of hydrogen-bond donors (Lipinski definition) is 0. The average molecular weight is 367 g/mol. The monoisotopic (exact) mass is 367 g/mol. The summed E-state index contributed by atoms with van der Waals surface area (Å²) in [5.74, 6) is -1.31. The van der Waals surface area contributed by atoms with Crippen molar-refractivity contribution in [1.29, 1.82) is 0 Å². The standard InChI is InChI=1S/C21H19F2N3O/c1-14-12-15-4-2-3-5-19(15)24-20(14)25-8-10-26(11-9-25)21(27)16-6-7-17(22)18(23)13-16/h2-7,12-13H,8-11H2,1H3. The van der Waals surface area contributed by atoms with Gasteiger partial charge in [-0.25, -0.2) is 13.8 Å². The first kappa shape index (κ1) is 17.4. The third kappa shape index (κ3) is 3.35. The first-order valence-corrected chi connectivity index (χ1v) is 8.88. The summed E-state index contributed by atoms with van der Waals surface area (Å²) in [7, 11) is 0. The molecule has 4 nitrogen and oxygen atoms in total. The van der Waals surface area contributed by atoms with Gasteiger partial charge in [0.25, 0.3) is 5.91 Å². The second kappa shape index (κ2) is 6.95. The van der Waals surface area contributed by atoms with Gasteiger partial charge in [0.2, 0.25) is 0 Å². The van der Waals surface area contributed by atoms with Crippen molar-refractivity contribution in [1.82, 2.24) is 9.88 Å². The number of pyridine rings is 1. The lowest BCUT2D eigenvalue weighted by Gasteiger charge is -2.36. The zero-order chi connectivity index (χ0) is 19.0. The molecule has 2 aromatic carbocycles. The van der Waals surface area contributed by atoms with Gasteiger partial charge in [0.05, 0.1) is 5.52 Å². The quantitative estimate of drug-likeness (QED) is 0.692. The molecule has 0 radical (unpaired) electrons. The summed E-state index contributed by atoms with van der Waals surface area (Å²) in [6.45, 7) is 4.33. The molecule has 1 saturated heterocycles. The van der Waals surface area contributed by atoms with Crippen molar-refractivity contribution in [2.75, 3.05) is 31.1 Å². The Hall–Kier alpha value is -3.02. The van der Waals surface area contributed by atoms with E-state index in [0.29, 0.717) is 26.2 Å². The van der Waals surface area contributed by atoms with Crippen LogP contribution in [0.25, 0.3) is 10.9 Å². The number of piperazine rings is 1. The highest BCUT2D eigenvalue weighted by Gasteiger charge is 2.24. The van der Waals surface area contributed by atoms with E-state index in [1.807, 2.05) is 31.2 Å². The third-order valence-electron chi connectivity index (χ3n) is 4.92. The van der Waals surface area contributed by atoms with Crippen LogP contribution in [0, 0.1) is 18.6 Å². The van der Waals surface area contributed by atoms with Crippen molar-refractivity contribution in [2.45, 2.75) is 6.92 Å². The molecule has 1 aliphatic heterocycles. The maximum absolute atomic E-state index is 13.4. The van der Waals surface area contributed by atoms with Gasteiger partial charge in [-0.2, -0.15) is 0 Å². The van der Waals surface area contributed by atoms with Crippen LogP contribution in [-0.2, 0) is 0 Å². The Balaban J connectivity index is 1.49. The van der Waals surface area contributed by atoms with Crippen LogP contribution < -0.4 is 4.90 Å². The highest BCUT2D eigenvalue weighted by molar-refractivity contribution is 5.94. The number of benzene rings is 2. The largest absolute Gasteiger partial charge is 0.353 e. The van der Waals surface area contributed by atoms with Crippen LogP contribution in [0.15, 0.2) is 48.5 Å². The summed E-state index contributed by atoms with van der Waals surface area (Å²) < 4.78 is 26.5. The molecule has 1 fully saturated rings. The van der Waals surface area contributed by atoms with E-state index in [4.69, 9.17) is 4.98 Å². The lowest BCUT2D eigenvalue weighted by atomic mass is 10.1. The summed E-state index contributed by atoms with van der Waals surface area (Å²) in [4.78, 5) is 21.2. The minimum atomic E-state index is -1.00. The van der Waals surface area contributed by atoms with Gasteiger partial charge >= 0.3 is 0 Å². The van der Waals surface area contributed by atoms with Crippen molar-refractivity contribution in [3.8, 4) is 0 Å². The van der Waals surface area contributed by atoms with Crippen LogP contribution in [0.5, 0.6) is 0 Å². The molecule has 1 aliphatic rings. The second-order valence-electron chi connectivity index (χ2n) is 6.73. The summed E-state index contributed by atoms with van der Waals surface area (Å²) in [6, 6.07) is 13.4. The number of hydrogen-bond acceptors (Lipinski definition) is 3. The van der Waals surface area contributed by atoms with Crippen LogP contribution in [0.3, 0.4) is 0 Å². The van der Waals surface area contributed by atoms with E-state index < -0.39 is 11.6 Å². The van der Waals surface area contributed by atoms with E-state index in [9.17, 15) is 13.6 Å². The molecule has 3 aromatic rings. The van der Waals surface area contributed by atoms with Crippen molar-refractivity contribution >= 4 is 22.6 Å². The Morgan fingerprint density at radius 1 is 0.963 bits per heavy atom. The number of anilines is 1. The maximum Gasteiger partial charge on any atom is 0.254 e. The number of carbonyl (C=O) groups is 1. The van der Waals surface area contributed by atoms with Crippen LogP contribution in [-0.4, -0.2) is 42.0 Å². The van der Waals surface area contributed by atoms with Crippen molar-refractivity contribution in [3.05, 3.63) is 71.3 Å². The lowest BCUT2D eigenvalue weighted by molar-refractivity contribution is 0.0746. The number of carbonyl (C=O) groups excluding carboxylic acids is 1. The molecule has 0 saturated carbocycles. The fourth-order valence-electron chi connectivity index (χ4n) is 3.46. The fourth-order valence-corrected chi connectivity index (χ4v) is 3.46. The number of fused-ring (bicyclic) bond motifs is 1. The van der Waals surface area contributed by atoms with Crippen LogP contribution >= 0.6 is 0 Å². The Bertz CT molecular complexity index is 1010. The maximum atomic E-state index is 13.4. The average Bonchev–Trinajstić information content (AvgIpc) is 2.69. The highest BCUT2D eigenvalue weighted by atomic mass is 19.2. The topological polar surface area (TPSA) is 36.4 Å². The van der Waals surface area contributed by atoms with E-state index in [1.54, 1.807) is 4.90 Å². The molecule has 1 amide bonds. The molecular formula is C21H19F2N3O. The SMILES string of the molecule is Cc1cc2ccccc2nc1N1CCN(C(=O)c2ccc(F)c(F)c2)CC1. The number of aryl methyl sites for hydroxylation is 1. The van der Waals surface area contributed by atoms with Crippen LogP contribution in [0.2, 0.25) is 0 Å². The zero-order valence-electron chi connectivity index (χ0n) is 15.0.